The van der Waals surface area contributed by atoms with Gasteiger partial charge in [-0.2, -0.15) is 0 Å². The van der Waals surface area contributed by atoms with E-state index in [-0.39, 0.29) is 5.56 Å². The van der Waals surface area contributed by atoms with Crippen LogP contribution in [0.15, 0.2) is 117 Å². The van der Waals surface area contributed by atoms with Crippen LogP contribution < -0.4 is 19.6 Å². The Morgan fingerprint density at radius 1 is 1.02 bits per heavy atom. The molecule has 0 aliphatic carbocycles. The zero-order valence-corrected chi connectivity index (χ0v) is 25.4. The Hall–Kier alpha value is -4.27. The number of esters is 1. The number of nitrogens with zero attached hydrogens (tertiary/aromatic N) is 2. The number of halogens is 1. The van der Waals surface area contributed by atoms with Gasteiger partial charge in [-0.15, -0.1) is 0 Å². The maximum absolute atomic E-state index is 13.8. The number of rotatable bonds is 7. The van der Waals surface area contributed by atoms with Crippen LogP contribution in [-0.2, 0) is 16.1 Å². The molecule has 0 spiro atoms. The molecule has 42 heavy (non-hydrogen) atoms. The highest BCUT2D eigenvalue weighted by Crippen LogP contribution is 2.32. The Balaban J connectivity index is 1.35. The molecule has 0 radical (unpaired) electrons. The summed E-state index contributed by atoms with van der Waals surface area (Å²) in [7, 11) is 1.35. The first kappa shape index (κ1) is 27.9. The van der Waals surface area contributed by atoms with Crippen molar-refractivity contribution in [2.45, 2.75) is 26.0 Å². The summed E-state index contributed by atoms with van der Waals surface area (Å²) < 4.78 is 14.2. The van der Waals surface area contributed by atoms with E-state index < -0.39 is 12.0 Å². The number of carbonyl (C=O) groups is 1. The molecule has 6 nitrogen and oxygen atoms in total. The molecule has 1 aromatic heterocycles. The maximum atomic E-state index is 13.8. The molecule has 2 heterocycles. The molecule has 0 N–H and O–H groups in total. The molecule has 6 rings (SSSR count). The van der Waals surface area contributed by atoms with Crippen molar-refractivity contribution in [2.24, 2.45) is 4.99 Å². The third-order valence-electron chi connectivity index (χ3n) is 7.28. The molecule has 0 amide bonds. The lowest BCUT2D eigenvalue weighted by atomic mass is 9.95. The van der Waals surface area contributed by atoms with Crippen LogP contribution in [0.3, 0.4) is 0 Å². The highest BCUT2D eigenvalue weighted by atomic mass is 79.9. The van der Waals surface area contributed by atoms with Gasteiger partial charge in [0.05, 0.1) is 33.4 Å². The van der Waals surface area contributed by atoms with Gasteiger partial charge < -0.3 is 9.47 Å². The third kappa shape index (κ3) is 5.24. The van der Waals surface area contributed by atoms with Crippen LogP contribution in [-0.4, -0.2) is 17.6 Å². The molecule has 4 aromatic carbocycles. The highest BCUT2D eigenvalue weighted by molar-refractivity contribution is 9.10. The molecule has 8 heteroatoms. The van der Waals surface area contributed by atoms with E-state index in [1.807, 2.05) is 79.7 Å². The minimum absolute atomic E-state index is 0.212. The van der Waals surface area contributed by atoms with Gasteiger partial charge in [-0.1, -0.05) is 97.1 Å². The molecule has 5 aromatic rings. The zero-order valence-electron chi connectivity index (χ0n) is 23.0. The SMILES string of the molecule is CCC1=C(C(=O)OC)[C@@H](c2ccccc2)n2c(s/c(=C\c3ccc(OCc4cccc5ccccc45)c(Br)c3)c2=O)=N1. The number of benzene rings is 4. The largest absolute Gasteiger partial charge is 0.488 e. The van der Waals surface area contributed by atoms with Gasteiger partial charge in [0.1, 0.15) is 12.4 Å². The van der Waals surface area contributed by atoms with Gasteiger partial charge in [-0.05, 0) is 68.0 Å². The minimum atomic E-state index is -0.622. The lowest BCUT2D eigenvalue weighted by molar-refractivity contribution is -0.136. The smallest absolute Gasteiger partial charge is 0.338 e. The van der Waals surface area contributed by atoms with E-state index in [9.17, 15) is 9.59 Å². The van der Waals surface area contributed by atoms with E-state index in [2.05, 4.69) is 40.2 Å². The van der Waals surface area contributed by atoms with Crippen molar-refractivity contribution in [3.05, 3.63) is 143 Å². The monoisotopic (exact) mass is 638 g/mol. The fourth-order valence-corrected chi connectivity index (χ4v) is 6.79. The molecule has 1 atom stereocenters. The molecule has 0 bridgehead atoms. The summed E-state index contributed by atoms with van der Waals surface area (Å²) in [6.45, 7) is 2.37. The van der Waals surface area contributed by atoms with Gasteiger partial charge in [0.2, 0.25) is 0 Å². The number of fused-ring (bicyclic) bond motifs is 2. The fourth-order valence-electron chi connectivity index (χ4n) is 5.26. The van der Waals surface area contributed by atoms with Crippen molar-refractivity contribution in [1.82, 2.24) is 4.57 Å². The first-order valence-electron chi connectivity index (χ1n) is 13.6. The molecular formula is C34H27BrN2O4S. The van der Waals surface area contributed by atoms with E-state index in [0.717, 1.165) is 21.2 Å². The number of aromatic nitrogens is 1. The second-order valence-electron chi connectivity index (χ2n) is 9.82. The van der Waals surface area contributed by atoms with Crippen molar-refractivity contribution in [3.63, 3.8) is 0 Å². The molecule has 0 saturated carbocycles. The summed E-state index contributed by atoms with van der Waals surface area (Å²) in [6, 6.07) is 29.1. The summed E-state index contributed by atoms with van der Waals surface area (Å²) >= 11 is 4.96. The minimum Gasteiger partial charge on any atom is -0.488 e. The number of methoxy groups -OCH3 is 1. The predicted molar refractivity (Wildman–Crippen MR) is 169 cm³/mol. The van der Waals surface area contributed by atoms with E-state index in [4.69, 9.17) is 14.5 Å². The van der Waals surface area contributed by atoms with Crippen LogP contribution in [0.5, 0.6) is 5.75 Å². The van der Waals surface area contributed by atoms with Crippen LogP contribution in [0.25, 0.3) is 16.8 Å². The van der Waals surface area contributed by atoms with Crippen LogP contribution >= 0.6 is 27.3 Å². The standard InChI is InChI=1S/C34H27BrN2O4S/c1-3-27-30(33(39)40-2)31(23-11-5-4-6-12-23)37-32(38)29(42-34(37)36-27)19-21-16-17-28(26(35)18-21)41-20-24-14-9-13-22-10-7-8-15-25(22)24/h4-19,31H,3,20H2,1-2H3/b29-19-/t31-/m1/s1. The number of allylic oxidation sites excluding steroid dienone is 1. The lowest BCUT2D eigenvalue weighted by Crippen LogP contribution is -2.40. The molecule has 210 valence electrons. The van der Waals surface area contributed by atoms with Gasteiger partial charge in [-0.25, -0.2) is 9.79 Å². The predicted octanol–water partition coefficient (Wildman–Crippen LogP) is 6.29. The third-order valence-corrected chi connectivity index (χ3v) is 8.89. The second kappa shape index (κ2) is 11.9. The van der Waals surface area contributed by atoms with Crippen LogP contribution in [0.1, 0.15) is 36.1 Å². The summed E-state index contributed by atoms with van der Waals surface area (Å²) in [5.74, 6) is 0.225. The second-order valence-corrected chi connectivity index (χ2v) is 11.7. The molecule has 0 saturated heterocycles. The first-order chi connectivity index (χ1) is 20.5. The van der Waals surface area contributed by atoms with Crippen molar-refractivity contribution in [3.8, 4) is 5.75 Å². The Labute approximate surface area is 255 Å². The fraction of sp³-hybridized carbons (Fsp3) is 0.147. The maximum Gasteiger partial charge on any atom is 0.338 e. The summed E-state index contributed by atoms with van der Waals surface area (Å²) in [5, 5.41) is 2.34. The Morgan fingerprint density at radius 2 is 1.79 bits per heavy atom. The number of thiazole rings is 1. The number of hydrogen-bond acceptors (Lipinski definition) is 6. The Kier molecular flexibility index (Phi) is 7.91. The van der Waals surface area contributed by atoms with E-state index in [1.54, 1.807) is 4.57 Å². The van der Waals surface area contributed by atoms with Crippen LogP contribution in [0.4, 0.5) is 0 Å². The van der Waals surface area contributed by atoms with E-state index >= 15 is 0 Å². The first-order valence-corrected chi connectivity index (χ1v) is 15.2. The van der Waals surface area contributed by atoms with Crippen molar-refractivity contribution >= 4 is 50.1 Å². The molecule has 0 fully saturated rings. The molecule has 0 unspecified atom stereocenters. The average molecular weight is 640 g/mol. The zero-order chi connectivity index (χ0) is 29.2. The summed E-state index contributed by atoms with van der Waals surface area (Å²) in [5.41, 5.74) is 3.57. The summed E-state index contributed by atoms with van der Waals surface area (Å²) in [4.78, 5) is 32.1. The number of carbonyl (C=O) groups excluding carboxylic acids is 1. The van der Waals surface area contributed by atoms with Gasteiger partial charge in [0, 0.05) is 0 Å². The van der Waals surface area contributed by atoms with Crippen molar-refractivity contribution in [1.29, 1.82) is 0 Å². The van der Waals surface area contributed by atoms with E-state index in [0.29, 0.717) is 39.4 Å². The quantitative estimate of drug-likeness (QED) is 0.196. The Bertz CT molecular complexity index is 2020. The number of ether oxygens (including phenoxy) is 2. The van der Waals surface area contributed by atoms with Gasteiger partial charge >= 0.3 is 5.97 Å². The highest BCUT2D eigenvalue weighted by Gasteiger charge is 2.33. The molecule has 1 aliphatic heterocycles. The number of hydrogen-bond donors (Lipinski definition) is 0. The summed E-state index contributed by atoms with van der Waals surface area (Å²) in [6.07, 6.45) is 2.38. The molecular weight excluding hydrogens is 612 g/mol. The van der Waals surface area contributed by atoms with Crippen molar-refractivity contribution < 1.29 is 14.3 Å². The molecule has 1 aliphatic rings. The average Bonchev–Trinajstić information content (AvgIpc) is 3.33. The van der Waals surface area contributed by atoms with Gasteiger partial charge in [-0.3, -0.25) is 9.36 Å². The van der Waals surface area contributed by atoms with E-state index in [1.165, 1.54) is 29.2 Å². The topological polar surface area (TPSA) is 69.9 Å². The van der Waals surface area contributed by atoms with Crippen LogP contribution in [0.2, 0.25) is 0 Å². The Morgan fingerprint density at radius 3 is 2.55 bits per heavy atom. The van der Waals surface area contributed by atoms with Gasteiger partial charge in [0.25, 0.3) is 5.56 Å². The van der Waals surface area contributed by atoms with Gasteiger partial charge in [0.15, 0.2) is 4.80 Å². The normalized spacial score (nSPS) is 14.9. The van der Waals surface area contributed by atoms with Crippen LogP contribution in [0, 0.1) is 0 Å². The van der Waals surface area contributed by atoms with Crippen molar-refractivity contribution in [2.75, 3.05) is 7.11 Å². The lowest BCUT2D eigenvalue weighted by Gasteiger charge is -2.25.